The van der Waals surface area contributed by atoms with Gasteiger partial charge in [-0.05, 0) is 201 Å². The predicted octanol–water partition coefficient (Wildman–Crippen LogP) is 15.4. The van der Waals surface area contributed by atoms with Gasteiger partial charge in [-0.3, -0.25) is 0 Å². The molecule has 16 atom stereocenters. The molecule has 1 nitrogen and oxygen atoms in total. The van der Waals surface area contributed by atoms with Gasteiger partial charge in [0.25, 0.3) is 0 Å². The highest BCUT2D eigenvalue weighted by atomic mass is 16.3. The quantitative estimate of drug-likeness (QED) is 0.208. The van der Waals surface area contributed by atoms with Crippen LogP contribution in [0.1, 0.15) is 210 Å². The zero-order valence-electron chi connectivity index (χ0n) is 38.2. The van der Waals surface area contributed by atoms with E-state index in [9.17, 15) is 5.11 Å². The zero-order chi connectivity index (χ0) is 39.1. The number of allylic oxidation sites excluding steroid dienone is 3. The smallest absolute Gasteiger partial charge is 0.0716 e. The van der Waals surface area contributed by atoms with Gasteiger partial charge in [-0.15, -0.1) is 0 Å². The standard InChI is InChI=1S/C54H90O/c1-35(2)13-11-15-37(5)44-21-23-46-42-19-17-39-33-40(25-28-50(39,7)48(42)26-29-52(44,46)9)54(55)32-31-51(8)41(34-54)18-20-43-47-24-22-45(38(6)16-12-14-36(3)4)53(47,10)30-27-49(43)51/h17-18,35-38,40,42-49,55H,11-16,19-34H2,1-10H3/t37-,38-,40?,42?,43+,44-,45-,46?,47+,48?,49+,50+,51+,52-,53-,54?/m1/s1. The van der Waals surface area contributed by atoms with E-state index in [1.807, 2.05) is 0 Å². The van der Waals surface area contributed by atoms with Gasteiger partial charge < -0.3 is 5.11 Å². The van der Waals surface area contributed by atoms with Crippen molar-refractivity contribution in [2.45, 2.75) is 216 Å². The Morgan fingerprint density at radius 3 is 1.55 bits per heavy atom. The number of hydrogen-bond donors (Lipinski definition) is 1. The fourth-order valence-corrected chi connectivity index (χ4v) is 18.2. The molecule has 5 unspecified atom stereocenters. The van der Waals surface area contributed by atoms with Crippen molar-refractivity contribution in [1.29, 1.82) is 0 Å². The summed E-state index contributed by atoms with van der Waals surface area (Å²) in [5.74, 6) is 11.1. The summed E-state index contributed by atoms with van der Waals surface area (Å²) in [4.78, 5) is 0. The van der Waals surface area contributed by atoms with Crippen LogP contribution in [0.15, 0.2) is 23.3 Å². The van der Waals surface area contributed by atoms with Crippen molar-refractivity contribution in [2.24, 2.45) is 98.6 Å². The van der Waals surface area contributed by atoms with E-state index in [1.165, 1.54) is 128 Å². The van der Waals surface area contributed by atoms with E-state index in [0.717, 1.165) is 83.9 Å². The van der Waals surface area contributed by atoms with Crippen molar-refractivity contribution in [2.75, 3.05) is 0 Å². The lowest BCUT2D eigenvalue weighted by molar-refractivity contribution is -0.106. The summed E-state index contributed by atoms with van der Waals surface area (Å²) in [6.45, 7) is 25.7. The fraction of sp³-hybridized carbons (Fsp3) is 0.926. The Morgan fingerprint density at radius 1 is 0.545 bits per heavy atom. The molecule has 312 valence electrons. The Hall–Kier alpha value is -0.560. The van der Waals surface area contributed by atoms with Gasteiger partial charge in [0, 0.05) is 0 Å². The number of rotatable bonds is 11. The minimum absolute atomic E-state index is 0.317. The van der Waals surface area contributed by atoms with Crippen molar-refractivity contribution in [3.05, 3.63) is 23.3 Å². The molecule has 0 aromatic rings. The highest BCUT2D eigenvalue weighted by Gasteiger charge is 2.63. The third-order valence-corrected chi connectivity index (χ3v) is 21.5. The third-order valence-electron chi connectivity index (χ3n) is 21.5. The molecule has 8 rings (SSSR count). The molecular formula is C54H90O. The molecule has 55 heavy (non-hydrogen) atoms. The lowest BCUT2D eigenvalue weighted by Gasteiger charge is -2.61. The van der Waals surface area contributed by atoms with Crippen LogP contribution in [-0.4, -0.2) is 10.7 Å². The summed E-state index contributed by atoms with van der Waals surface area (Å²) >= 11 is 0. The van der Waals surface area contributed by atoms with Crippen LogP contribution in [0, 0.1) is 98.6 Å². The normalized spacial score (nSPS) is 48.9. The molecule has 0 aromatic carbocycles. The van der Waals surface area contributed by atoms with Crippen LogP contribution in [-0.2, 0) is 0 Å². The monoisotopic (exact) mass is 755 g/mol. The van der Waals surface area contributed by atoms with Crippen LogP contribution in [0.4, 0.5) is 0 Å². The van der Waals surface area contributed by atoms with E-state index in [4.69, 9.17) is 0 Å². The van der Waals surface area contributed by atoms with E-state index >= 15 is 0 Å². The summed E-state index contributed by atoms with van der Waals surface area (Å²) in [5.41, 5.74) is 4.78. The first-order valence-corrected chi connectivity index (χ1v) is 25.1. The minimum atomic E-state index is -0.500. The van der Waals surface area contributed by atoms with E-state index in [1.54, 1.807) is 11.1 Å². The minimum Gasteiger partial charge on any atom is -0.389 e. The summed E-state index contributed by atoms with van der Waals surface area (Å²) in [6.07, 6.45) is 35.5. The molecular weight excluding hydrogens is 665 g/mol. The van der Waals surface area contributed by atoms with Gasteiger partial charge in [-0.2, -0.15) is 0 Å². The molecule has 8 aliphatic carbocycles. The maximum Gasteiger partial charge on any atom is 0.0716 e. The number of fused-ring (bicyclic) bond motifs is 10. The van der Waals surface area contributed by atoms with E-state index in [0.29, 0.717) is 27.6 Å². The van der Waals surface area contributed by atoms with Gasteiger partial charge in [0.2, 0.25) is 0 Å². The number of hydrogen-bond acceptors (Lipinski definition) is 1. The molecule has 6 fully saturated rings. The molecule has 0 radical (unpaired) electrons. The van der Waals surface area contributed by atoms with Crippen molar-refractivity contribution in [3.8, 4) is 0 Å². The molecule has 0 amide bonds. The SMILES string of the molecule is CC(C)CCC[C@@H](C)[C@H]1CC[C@H]2[C@@H]3CC=C4CC(O)(C5CC[C@@]6(C)C(=CCC7C6CC[C@@]6(C)C7CC[C@@H]6[C@H](C)CCCC(C)C)C5)CC[C@]4(C)[C@H]3CC[C@]12C. The third kappa shape index (κ3) is 6.87. The maximum atomic E-state index is 12.8. The zero-order valence-corrected chi connectivity index (χ0v) is 38.2. The Bertz CT molecular complexity index is 1430. The average molecular weight is 755 g/mol. The lowest BCUT2D eigenvalue weighted by atomic mass is 9.44. The molecule has 0 aliphatic heterocycles. The molecule has 0 heterocycles. The van der Waals surface area contributed by atoms with Crippen LogP contribution in [0.3, 0.4) is 0 Å². The topological polar surface area (TPSA) is 20.2 Å². The van der Waals surface area contributed by atoms with Crippen molar-refractivity contribution < 1.29 is 5.11 Å². The fourth-order valence-electron chi connectivity index (χ4n) is 18.2. The second-order valence-electron chi connectivity index (χ2n) is 24.8. The van der Waals surface area contributed by atoms with Gasteiger partial charge >= 0.3 is 0 Å². The van der Waals surface area contributed by atoms with Crippen molar-refractivity contribution in [3.63, 3.8) is 0 Å². The van der Waals surface area contributed by atoms with E-state index in [-0.39, 0.29) is 0 Å². The van der Waals surface area contributed by atoms with Crippen LogP contribution in [0.2, 0.25) is 0 Å². The van der Waals surface area contributed by atoms with Gasteiger partial charge in [0.05, 0.1) is 5.60 Å². The summed E-state index contributed by atoms with van der Waals surface area (Å²) in [5, 5.41) is 12.8. The Morgan fingerprint density at radius 2 is 1.04 bits per heavy atom. The van der Waals surface area contributed by atoms with Gasteiger partial charge in [-0.1, -0.05) is 131 Å². The van der Waals surface area contributed by atoms with Crippen molar-refractivity contribution in [1.82, 2.24) is 0 Å². The summed E-state index contributed by atoms with van der Waals surface area (Å²) in [7, 11) is 0. The second-order valence-corrected chi connectivity index (χ2v) is 24.8. The highest BCUT2D eigenvalue weighted by molar-refractivity contribution is 5.31. The first kappa shape index (κ1) is 41.2. The van der Waals surface area contributed by atoms with Gasteiger partial charge in [-0.25, -0.2) is 0 Å². The van der Waals surface area contributed by atoms with Crippen LogP contribution >= 0.6 is 0 Å². The Labute approximate surface area is 341 Å². The molecule has 8 aliphatic rings. The first-order chi connectivity index (χ1) is 26.0. The van der Waals surface area contributed by atoms with Crippen molar-refractivity contribution >= 4 is 0 Å². The van der Waals surface area contributed by atoms with Crippen LogP contribution in [0.5, 0.6) is 0 Å². The van der Waals surface area contributed by atoms with Crippen LogP contribution in [0.25, 0.3) is 0 Å². The molecule has 0 spiro atoms. The highest BCUT2D eigenvalue weighted by Crippen LogP contribution is 2.71. The van der Waals surface area contributed by atoms with E-state index < -0.39 is 5.60 Å². The van der Waals surface area contributed by atoms with Crippen LogP contribution < -0.4 is 0 Å². The molecule has 1 heteroatoms. The van der Waals surface area contributed by atoms with Gasteiger partial charge in [0.15, 0.2) is 0 Å². The Balaban J connectivity index is 0.922. The molecule has 6 saturated carbocycles. The second kappa shape index (κ2) is 15.2. The molecule has 0 aromatic heterocycles. The average Bonchev–Trinajstić information content (AvgIpc) is 3.68. The predicted molar refractivity (Wildman–Crippen MR) is 235 cm³/mol. The first-order valence-electron chi connectivity index (χ1n) is 25.1. The molecule has 0 saturated heterocycles. The largest absolute Gasteiger partial charge is 0.389 e. The summed E-state index contributed by atoms with van der Waals surface area (Å²) < 4.78 is 0. The number of aliphatic hydroxyl groups is 1. The maximum absolute atomic E-state index is 12.8. The lowest BCUT2D eigenvalue weighted by Crippen LogP contribution is -2.55. The van der Waals surface area contributed by atoms with E-state index in [2.05, 4.69) is 81.4 Å². The summed E-state index contributed by atoms with van der Waals surface area (Å²) in [6, 6.07) is 0. The van der Waals surface area contributed by atoms with Gasteiger partial charge in [0.1, 0.15) is 0 Å². The molecule has 1 N–H and O–H groups in total. The Kier molecular flexibility index (Phi) is 11.4. The molecule has 0 bridgehead atoms.